The van der Waals surface area contributed by atoms with Gasteiger partial charge in [-0.3, -0.25) is 4.79 Å². The molecule has 16 heavy (non-hydrogen) atoms. The number of rotatable bonds is 4. The van der Waals surface area contributed by atoms with Crippen LogP contribution in [0.4, 0.5) is 0 Å². The van der Waals surface area contributed by atoms with Gasteiger partial charge in [0.1, 0.15) is 0 Å². The predicted octanol–water partition coefficient (Wildman–Crippen LogP) is 3.51. The highest BCUT2D eigenvalue weighted by Gasteiger charge is 2.10. The number of amides is 1. The molecule has 88 valence electrons. The van der Waals surface area contributed by atoms with Crippen LogP contribution in [0.3, 0.4) is 0 Å². The Kier molecular flexibility index (Phi) is 5.29. The molecule has 0 fully saturated rings. The summed E-state index contributed by atoms with van der Waals surface area (Å²) >= 11 is 9.24. The van der Waals surface area contributed by atoms with Crippen molar-refractivity contribution in [1.29, 1.82) is 0 Å². The molecule has 0 spiro atoms. The van der Waals surface area contributed by atoms with Gasteiger partial charge in [-0.1, -0.05) is 17.7 Å². The molecule has 1 aromatic carbocycles. The Morgan fingerprint density at radius 2 is 2.00 bits per heavy atom. The van der Waals surface area contributed by atoms with Crippen LogP contribution in [0, 0.1) is 0 Å². The van der Waals surface area contributed by atoms with Gasteiger partial charge in [-0.25, -0.2) is 0 Å². The van der Waals surface area contributed by atoms with Gasteiger partial charge in [0.15, 0.2) is 0 Å². The fourth-order valence-electron chi connectivity index (χ4n) is 1.51. The smallest absolute Gasteiger partial charge is 0.226 e. The average Bonchev–Trinajstić information content (AvgIpc) is 2.25. The molecule has 1 aromatic rings. The van der Waals surface area contributed by atoms with E-state index in [-0.39, 0.29) is 5.91 Å². The van der Waals surface area contributed by atoms with Crippen LogP contribution in [0.2, 0.25) is 5.02 Å². The molecule has 0 aliphatic carbocycles. The summed E-state index contributed by atoms with van der Waals surface area (Å²) < 4.78 is 0.832. The van der Waals surface area contributed by atoms with Crippen molar-refractivity contribution < 1.29 is 4.79 Å². The maximum Gasteiger partial charge on any atom is 0.226 e. The zero-order valence-corrected chi connectivity index (χ0v) is 11.8. The molecule has 0 N–H and O–H groups in total. The van der Waals surface area contributed by atoms with Gasteiger partial charge in [0.05, 0.1) is 11.4 Å². The van der Waals surface area contributed by atoms with Gasteiger partial charge in [0.25, 0.3) is 0 Å². The number of hydrogen-bond acceptors (Lipinski definition) is 1. The third-order valence-electron chi connectivity index (χ3n) is 2.46. The number of likely N-dealkylation sites (N-methyl/N-ethyl adjacent to an activating group) is 1. The first-order valence-corrected chi connectivity index (χ1v) is 6.47. The average molecular weight is 305 g/mol. The van der Waals surface area contributed by atoms with Crippen molar-refractivity contribution in [1.82, 2.24) is 4.90 Å². The molecule has 1 rings (SSSR count). The standard InChI is InChI=1S/C12H15BrClNO/c1-3-15(4-2)12(16)8-9-5-6-11(14)10(13)7-9/h5-7H,3-4,8H2,1-2H3. The summed E-state index contributed by atoms with van der Waals surface area (Å²) in [5.41, 5.74) is 0.980. The van der Waals surface area contributed by atoms with Crippen molar-refractivity contribution in [3.8, 4) is 0 Å². The van der Waals surface area contributed by atoms with E-state index >= 15 is 0 Å². The van der Waals surface area contributed by atoms with E-state index in [4.69, 9.17) is 11.6 Å². The van der Waals surface area contributed by atoms with E-state index in [0.29, 0.717) is 11.4 Å². The van der Waals surface area contributed by atoms with Crippen LogP contribution in [0.1, 0.15) is 19.4 Å². The Labute approximate surface area is 110 Å². The van der Waals surface area contributed by atoms with Crippen molar-refractivity contribution >= 4 is 33.4 Å². The molecule has 0 aromatic heterocycles. The summed E-state index contributed by atoms with van der Waals surface area (Å²) in [5.74, 6) is 0.152. The van der Waals surface area contributed by atoms with Crippen LogP contribution in [0.25, 0.3) is 0 Å². The molecule has 1 amide bonds. The molecule has 0 saturated carbocycles. The van der Waals surface area contributed by atoms with Crippen molar-refractivity contribution in [2.75, 3.05) is 13.1 Å². The topological polar surface area (TPSA) is 20.3 Å². The first-order chi connectivity index (χ1) is 7.58. The minimum absolute atomic E-state index is 0.152. The fourth-order valence-corrected chi connectivity index (χ4v) is 2.06. The lowest BCUT2D eigenvalue weighted by Crippen LogP contribution is -2.31. The Balaban J connectivity index is 2.73. The van der Waals surface area contributed by atoms with Gasteiger partial charge in [-0.2, -0.15) is 0 Å². The summed E-state index contributed by atoms with van der Waals surface area (Å²) in [6.45, 7) is 5.48. The predicted molar refractivity (Wildman–Crippen MR) is 70.8 cm³/mol. The van der Waals surface area contributed by atoms with Crippen LogP contribution >= 0.6 is 27.5 Å². The molecule has 0 atom stereocenters. The minimum atomic E-state index is 0.152. The Morgan fingerprint density at radius 1 is 1.38 bits per heavy atom. The number of halogens is 2. The lowest BCUT2D eigenvalue weighted by atomic mass is 10.1. The number of hydrogen-bond donors (Lipinski definition) is 0. The summed E-state index contributed by atoms with van der Waals surface area (Å²) in [6, 6.07) is 5.58. The number of benzene rings is 1. The van der Waals surface area contributed by atoms with Crippen LogP contribution in [0.15, 0.2) is 22.7 Å². The fraction of sp³-hybridized carbons (Fsp3) is 0.417. The van der Waals surface area contributed by atoms with Crippen molar-refractivity contribution in [2.45, 2.75) is 20.3 Å². The van der Waals surface area contributed by atoms with E-state index < -0.39 is 0 Å². The van der Waals surface area contributed by atoms with Crippen molar-refractivity contribution in [3.63, 3.8) is 0 Å². The van der Waals surface area contributed by atoms with Gasteiger partial charge < -0.3 is 4.90 Å². The molecule has 0 aliphatic heterocycles. The minimum Gasteiger partial charge on any atom is -0.343 e. The maximum atomic E-state index is 11.8. The molecule has 0 heterocycles. The molecule has 0 bridgehead atoms. The molecule has 2 nitrogen and oxygen atoms in total. The van der Waals surface area contributed by atoms with Crippen molar-refractivity contribution in [2.24, 2.45) is 0 Å². The molecular formula is C12H15BrClNO. The van der Waals surface area contributed by atoms with Crippen molar-refractivity contribution in [3.05, 3.63) is 33.3 Å². The zero-order valence-electron chi connectivity index (χ0n) is 9.46. The van der Waals surface area contributed by atoms with E-state index in [1.165, 1.54) is 0 Å². The highest BCUT2D eigenvalue weighted by molar-refractivity contribution is 9.10. The highest BCUT2D eigenvalue weighted by Crippen LogP contribution is 2.23. The first-order valence-electron chi connectivity index (χ1n) is 5.30. The van der Waals surface area contributed by atoms with E-state index in [0.717, 1.165) is 23.1 Å². The monoisotopic (exact) mass is 303 g/mol. The molecule has 0 aliphatic rings. The summed E-state index contributed by atoms with van der Waals surface area (Å²) in [6.07, 6.45) is 0.428. The largest absolute Gasteiger partial charge is 0.343 e. The van der Waals surface area contributed by atoms with Gasteiger partial charge in [0, 0.05) is 17.6 Å². The van der Waals surface area contributed by atoms with E-state index in [9.17, 15) is 4.79 Å². The number of carbonyl (C=O) groups excluding carboxylic acids is 1. The van der Waals surface area contributed by atoms with E-state index in [2.05, 4.69) is 15.9 Å². The van der Waals surface area contributed by atoms with Crippen LogP contribution in [-0.2, 0) is 11.2 Å². The molecular weight excluding hydrogens is 289 g/mol. The number of nitrogens with zero attached hydrogens (tertiary/aromatic N) is 1. The van der Waals surface area contributed by atoms with Gasteiger partial charge in [0.2, 0.25) is 5.91 Å². The third-order valence-corrected chi connectivity index (χ3v) is 3.67. The van der Waals surface area contributed by atoms with Crippen LogP contribution in [0.5, 0.6) is 0 Å². The molecule has 0 saturated heterocycles. The Morgan fingerprint density at radius 3 is 2.50 bits per heavy atom. The second-order valence-electron chi connectivity index (χ2n) is 3.49. The SMILES string of the molecule is CCN(CC)C(=O)Cc1ccc(Cl)c(Br)c1. The molecule has 4 heteroatoms. The van der Waals surface area contributed by atoms with Crippen LogP contribution in [-0.4, -0.2) is 23.9 Å². The Bertz CT molecular complexity index is 377. The Hall–Kier alpha value is -0.540. The van der Waals surface area contributed by atoms with Crippen LogP contribution < -0.4 is 0 Å². The summed E-state index contributed by atoms with van der Waals surface area (Å²) in [7, 11) is 0. The number of carbonyl (C=O) groups is 1. The normalized spacial score (nSPS) is 10.2. The van der Waals surface area contributed by atoms with Gasteiger partial charge in [-0.05, 0) is 47.5 Å². The molecule has 0 unspecified atom stereocenters. The quantitative estimate of drug-likeness (QED) is 0.833. The van der Waals surface area contributed by atoms with Gasteiger partial charge >= 0.3 is 0 Å². The maximum absolute atomic E-state index is 11.8. The van der Waals surface area contributed by atoms with E-state index in [1.807, 2.05) is 30.9 Å². The second kappa shape index (κ2) is 6.26. The van der Waals surface area contributed by atoms with E-state index in [1.54, 1.807) is 6.07 Å². The second-order valence-corrected chi connectivity index (χ2v) is 4.75. The lowest BCUT2D eigenvalue weighted by Gasteiger charge is -2.18. The van der Waals surface area contributed by atoms with Gasteiger partial charge in [-0.15, -0.1) is 0 Å². The lowest BCUT2D eigenvalue weighted by molar-refractivity contribution is -0.130. The summed E-state index contributed by atoms with van der Waals surface area (Å²) in [5, 5.41) is 0.666. The highest BCUT2D eigenvalue weighted by atomic mass is 79.9. The zero-order chi connectivity index (χ0) is 12.1. The molecule has 0 radical (unpaired) electrons. The third kappa shape index (κ3) is 3.49. The summed E-state index contributed by atoms with van der Waals surface area (Å²) in [4.78, 5) is 13.7. The first kappa shape index (κ1) is 13.5.